The molecule has 1 aliphatic heterocycles. The first-order valence-corrected chi connectivity index (χ1v) is 9.44. The number of nitrogens with zero attached hydrogens (tertiary/aromatic N) is 4. The number of likely N-dealkylation sites (tertiary alicyclic amines) is 1. The summed E-state index contributed by atoms with van der Waals surface area (Å²) < 4.78 is 47.2. The normalized spacial score (nSPS) is 21.4. The second-order valence-electron chi connectivity index (χ2n) is 7.49. The highest BCUT2D eigenvalue weighted by molar-refractivity contribution is 5.90. The lowest BCUT2D eigenvalue weighted by Crippen LogP contribution is -2.36. The molecule has 1 aliphatic carbocycles. The second-order valence-corrected chi connectivity index (χ2v) is 7.49. The summed E-state index contributed by atoms with van der Waals surface area (Å²) in [7, 11) is 0. The van der Waals surface area contributed by atoms with Gasteiger partial charge in [-0.2, -0.15) is 5.26 Å². The summed E-state index contributed by atoms with van der Waals surface area (Å²) in [6, 6.07) is 3.76. The van der Waals surface area contributed by atoms with E-state index in [4.69, 9.17) is 9.68 Å². The van der Waals surface area contributed by atoms with Gasteiger partial charge in [-0.3, -0.25) is 4.79 Å². The lowest BCUT2D eigenvalue weighted by molar-refractivity contribution is -0.274. The molecule has 1 aromatic carbocycles. The van der Waals surface area contributed by atoms with Crippen LogP contribution in [0.15, 0.2) is 22.6 Å². The van der Waals surface area contributed by atoms with Crippen molar-refractivity contribution in [1.29, 1.82) is 5.26 Å². The van der Waals surface area contributed by atoms with Gasteiger partial charge < -0.3 is 19.4 Å². The van der Waals surface area contributed by atoms with Crippen LogP contribution in [0.5, 0.6) is 5.75 Å². The highest BCUT2D eigenvalue weighted by Crippen LogP contribution is 2.45. The van der Waals surface area contributed by atoms with Crippen molar-refractivity contribution in [2.45, 2.75) is 50.6 Å². The minimum atomic E-state index is -4.83. The SMILES string of the molecule is C[C@@H]1CC(NC(=O)c2nnc(-c3cc(OC(F)(F)F)ccc3C3CC3)o2)CN1C#N. The zero-order valence-electron chi connectivity index (χ0n) is 15.9. The zero-order chi connectivity index (χ0) is 21.5. The number of carbonyl (C=O) groups is 1. The fourth-order valence-electron chi connectivity index (χ4n) is 3.61. The minimum absolute atomic E-state index is 0.0102. The van der Waals surface area contributed by atoms with E-state index >= 15 is 0 Å². The van der Waals surface area contributed by atoms with Gasteiger partial charge >= 0.3 is 18.2 Å². The number of rotatable bonds is 5. The van der Waals surface area contributed by atoms with Crippen LogP contribution >= 0.6 is 0 Å². The standard InChI is InChI=1S/C19H18F3N5O3/c1-10-6-12(8-27(10)9-23)24-16(28)18-26-25-17(29-18)15-7-13(30-19(20,21)22)4-5-14(15)11-2-3-11/h4-5,7,10-12H,2-3,6,8H2,1H3,(H,24,28)/t10-,12?/m1/s1. The van der Waals surface area contributed by atoms with E-state index in [0.717, 1.165) is 18.4 Å². The first-order chi connectivity index (χ1) is 14.2. The summed E-state index contributed by atoms with van der Waals surface area (Å²) >= 11 is 0. The predicted octanol–water partition coefficient (Wildman–Crippen LogP) is 3.19. The van der Waals surface area contributed by atoms with E-state index in [-0.39, 0.29) is 29.8 Å². The van der Waals surface area contributed by atoms with Crippen molar-refractivity contribution >= 4 is 5.91 Å². The lowest BCUT2D eigenvalue weighted by atomic mass is 10.0. The molecule has 8 nitrogen and oxygen atoms in total. The van der Waals surface area contributed by atoms with Crippen LogP contribution in [0.4, 0.5) is 13.2 Å². The quantitative estimate of drug-likeness (QED) is 0.740. The molecule has 2 atom stereocenters. The van der Waals surface area contributed by atoms with Gasteiger partial charge in [0.15, 0.2) is 6.19 Å². The molecule has 1 unspecified atom stereocenters. The number of hydrogen-bond donors (Lipinski definition) is 1. The van der Waals surface area contributed by atoms with E-state index in [1.807, 2.05) is 6.92 Å². The van der Waals surface area contributed by atoms with Gasteiger partial charge in [-0.25, -0.2) is 0 Å². The Balaban J connectivity index is 1.54. The molecule has 0 bridgehead atoms. The fourth-order valence-corrected chi connectivity index (χ4v) is 3.61. The van der Waals surface area contributed by atoms with E-state index in [2.05, 4.69) is 26.4 Å². The Bertz CT molecular complexity index is 996. The predicted molar refractivity (Wildman–Crippen MR) is 96.0 cm³/mol. The maximum Gasteiger partial charge on any atom is 0.573 e. The maximum atomic E-state index is 12.6. The van der Waals surface area contributed by atoms with Crippen molar-refractivity contribution < 1.29 is 27.1 Å². The van der Waals surface area contributed by atoms with Crippen molar-refractivity contribution in [3.8, 4) is 23.4 Å². The molecular weight excluding hydrogens is 403 g/mol. The van der Waals surface area contributed by atoms with Crippen LogP contribution in [-0.4, -0.2) is 46.0 Å². The average Bonchev–Trinajstić information content (AvgIpc) is 3.28. The Morgan fingerprint density at radius 3 is 2.77 bits per heavy atom. The van der Waals surface area contributed by atoms with Crippen LogP contribution in [0.1, 0.15) is 48.4 Å². The van der Waals surface area contributed by atoms with Crippen molar-refractivity contribution in [2.24, 2.45) is 0 Å². The molecular formula is C19H18F3N5O3. The van der Waals surface area contributed by atoms with Gasteiger partial charge in [-0.05, 0) is 49.8 Å². The molecule has 0 spiro atoms. The van der Waals surface area contributed by atoms with Gasteiger partial charge in [0.05, 0.1) is 0 Å². The smallest absolute Gasteiger partial charge is 0.412 e. The van der Waals surface area contributed by atoms with Crippen LogP contribution in [0.25, 0.3) is 11.5 Å². The minimum Gasteiger partial charge on any atom is -0.412 e. The summed E-state index contributed by atoms with van der Waals surface area (Å²) in [5.74, 6) is -1.14. The van der Waals surface area contributed by atoms with Crippen LogP contribution in [0, 0.1) is 11.5 Å². The van der Waals surface area contributed by atoms with Crippen molar-refractivity contribution in [3.05, 3.63) is 29.7 Å². The van der Waals surface area contributed by atoms with E-state index in [1.165, 1.54) is 12.1 Å². The van der Waals surface area contributed by atoms with Gasteiger partial charge in [0.25, 0.3) is 0 Å². The molecule has 11 heteroatoms. The van der Waals surface area contributed by atoms with E-state index in [1.54, 1.807) is 11.0 Å². The molecule has 30 heavy (non-hydrogen) atoms. The third kappa shape index (κ3) is 4.32. The number of aromatic nitrogens is 2. The third-order valence-electron chi connectivity index (χ3n) is 5.16. The van der Waals surface area contributed by atoms with Crippen molar-refractivity contribution in [1.82, 2.24) is 20.4 Å². The number of alkyl halides is 3. The largest absolute Gasteiger partial charge is 0.573 e. The molecule has 1 aromatic heterocycles. The summed E-state index contributed by atoms with van der Waals surface area (Å²) in [5, 5.41) is 19.4. The molecule has 1 saturated carbocycles. The molecule has 2 heterocycles. The Kier molecular flexibility index (Phi) is 5.01. The van der Waals surface area contributed by atoms with Crippen LogP contribution in [0.3, 0.4) is 0 Å². The van der Waals surface area contributed by atoms with Crippen molar-refractivity contribution in [3.63, 3.8) is 0 Å². The Hall–Kier alpha value is -3.29. The average molecular weight is 421 g/mol. The van der Waals surface area contributed by atoms with Gasteiger partial charge in [-0.15, -0.1) is 23.4 Å². The zero-order valence-corrected chi connectivity index (χ0v) is 15.9. The topological polar surface area (TPSA) is 104 Å². The first-order valence-electron chi connectivity index (χ1n) is 9.44. The van der Waals surface area contributed by atoms with Crippen LogP contribution in [0.2, 0.25) is 0 Å². The Labute approximate surface area is 169 Å². The summed E-state index contributed by atoms with van der Waals surface area (Å²) in [4.78, 5) is 14.0. The third-order valence-corrected chi connectivity index (χ3v) is 5.16. The van der Waals surface area contributed by atoms with Gasteiger partial charge in [-0.1, -0.05) is 6.07 Å². The first kappa shape index (κ1) is 20.0. The Morgan fingerprint density at radius 2 is 2.13 bits per heavy atom. The number of carbonyl (C=O) groups excluding carboxylic acids is 1. The molecule has 1 amide bonds. The van der Waals surface area contributed by atoms with Gasteiger partial charge in [0.2, 0.25) is 5.89 Å². The van der Waals surface area contributed by atoms with E-state index in [0.29, 0.717) is 18.5 Å². The molecule has 2 aromatic rings. The fraction of sp³-hybridized carbons (Fsp3) is 0.474. The molecule has 0 radical (unpaired) electrons. The maximum absolute atomic E-state index is 12.6. The Morgan fingerprint density at radius 1 is 1.37 bits per heavy atom. The van der Waals surface area contributed by atoms with Gasteiger partial charge in [0.1, 0.15) is 5.75 Å². The van der Waals surface area contributed by atoms with Crippen LogP contribution < -0.4 is 10.1 Å². The summed E-state index contributed by atoms with van der Waals surface area (Å²) in [5.41, 5.74) is 1.09. The van der Waals surface area contributed by atoms with E-state index in [9.17, 15) is 18.0 Å². The summed E-state index contributed by atoms with van der Waals surface area (Å²) in [6.07, 6.45) is -0.348. The lowest BCUT2D eigenvalue weighted by Gasteiger charge is -2.12. The monoisotopic (exact) mass is 421 g/mol. The number of halogens is 3. The molecule has 1 N–H and O–H groups in total. The number of amides is 1. The molecule has 2 aliphatic rings. The molecule has 158 valence electrons. The van der Waals surface area contributed by atoms with Crippen LogP contribution in [-0.2, 0) is 0 Å². The number of benzene rings is 1. The second kappa shape index (κ2) is 7.51. The molecule has 4 rings (SSSR count). The summed E-state index contributed by atoms with van der Waals surface area (Å²) in [6.45, 7) is 2.27. The molecule has 2 fully saturated rings. The number of nitriles is 1. The number of nitrogens with one attached hydrogen (secondary N) is 1. The van der Waals surface area contributed by atoms with Crippen molar-refractivity contribution in [2.75, 3.05) is 6.54 Å². The number of hydrogen-bond acceptors (Lipinski definition) is 7. The van der Waals surface area contributed by atoms with Gasteiger partial charge in [0, 0.05) is 24.2 Å². The van der Waals surface area contributed by atoms with E-state index < -0.39 is 18.0 Å². The molecule has 1 saturated heterocycles. The highest BCUT2D eigenvalue weighted by Gasteiger charge is 2.34. The number of ether oxygens (including phenoxy) is 1. The highest BCUT2D eigenvalue weighted by atomic mass is 19.4.